The highest BCUT2D eigenvalue weighted by Crippen LogP contribution is 2.22. The molecular formula is C18H31N5O2. The van der Waals surface area contributed by atoms with Gasteiger partial charge in [0, 0.05) is 32.2 Å². The van der Waals surface area contributed by atoms with Crippen LogP contribution in [-0.2, 0) is 13.1 Å². The third-order valence-electron chi connectivity index (χ3n) is 5.15. The van der Waals surface area contributed by atoms with Crippen LogP contribution in [0.15, 0.2) is 6.07 Å². The number of carbonyl (C=O) groups is 1. The van der Waals surface area contributed by atoms with E-state index in [2.05, 4.69) is 34.1 Å². The van der Waals surface area contributed by atoms with Crippen molar-refractivity contribution in [1.82, 2.24) is 24.9 Å². The highest BCUT2D eigenvalue weighted by atomic mass is 16.3. The van der Waals surface area contributed by atoms with Gasteiger partial charge in [0.1, 0.15) is 5.69 Å². The fourth-order valence-corrected chi connectivity index (χ4v) is 3.95. The second kappa shape index (κ2) is 8.29. The van der Waals surface area contributed by atoms with Crippen LogP contribution in [0, 0.1) is 5.92 Å². The third kappa shape index (κ3) is 4.59. The number of nitrogens with zero attached hydrogens (tertiary/aromatic N) is 4. The number of amides is 1. The number of fused-ring (bicyclic) bond motifs is 1. The molecule has 0 radical (unpaired) electrons. The molecule has 0 unspecified atom stereocenters. The standard InChI is InChI=1S/C18H31N5O2/c1-14(2)12-21-6-3-15(4-7-21)22-8-9-23-16(13-22)11-17(20-23)18(25)19-5-10-24/h11,14-15,24H,3-10,12-13H2,1-2H3,(H,19,25). The van der Waals surface area contributed by atoms with E-state index in [-0.39, 0.29) is 19.1 Å². The van der Waals surface area contributed by atoms with Gasteiger partial charge in [-0.05, 0) is 37.9 Å². The first kappa shape index (κ1) is 18.4. The number of carbonyl (C=O) groups excluding carboxylic acids is 1. The normalized spacial score (nSPS) is 20.0. The van der Waals surface area contributed by atoms with Gasteiger partial charge in [0.15, 0.2) is 0 Å². The lowest BCUT2D eigenvalue weighted by Crippen LogP contribution is -2.48. The summed E-state index contributed by atoms with van der Waals surface area (Å²) in [5.41, 5.74) is 1.57. The van der Waals surface area contributed by atoms with E-state index in [0.29, 0.717) is 11.7 Å². The van der Waals surface area contributed by atoms with E-state index < -0.39 is 0 Å². The zero-order valence-electron chi connectivity index (χ0n) is 15.4. The molecule has 0 saturated carbocycles. The van der Waals surface area contributed by atoms with Crippen LogP contribution in [0.2, 0.25) is 0 Å². The maximum atomic E-state index is 12.0. The quantitative estimate of drug-likeness (QED) is 0.784. The summed E-state index contributed by atoms with van der Waals surface area (Å²) in [5.74, 6) is 0.529. The summed E-state index contributed by atoms with van der Waals surface area (Å²) in [5, 5.41) is 15.9. The topological polar surface area (TPSA) is 73.6 Å². The summed E-state index contributed by atoms with van der Waals surface area (Å²) in [4.78, 5) is 17.1. The molecule has 3 heterocycles. The number of hydrogen-bond donors (Lipinski definition) is 2. The maximum Gasteiger partial charge on any atom is 0.271 e. The third-order valence-corrected chi connectivity index (χ3v) is 5.15. The van der Waals surface area contributed by atoms with E-state index in [1.807, 2.05) is 10.7 Å². The van der Waals surface area contributed by atoms with Crippen molar-refractivity contribution in [2.75, 3.05) is 39.3 Å². The van der Waals surface area contributed by atoms with Gasteiger partial charge < -0.3 is 15.3 Å². The van der Waals surface area contributed by atoms with Gasteiger partial charge in [0.2, 0.25) is 0 Å². The molecule has 3 rings (SSSR count). The number of aliphatic hydroxyl groups is 1. The van der Waals surface area contributed by atoms with Crippen molar-refractivity contribution >= 4 is 5.91 Å². The van der Waals surface area contributed by atoms with Crippen LogP contribution in [0.4, 0.5) is 0 Å². The van der Waals surface area contributed by atoms with Gasteiger partial charge in [-0.2, -0.15) is 5.10 Å². The van der Waals surface area contributed by atoms with Crippen molar-refractivity contribution < 1.29 is 9.90 Å². The molecule has 0 atom stereocenters. The second-order valence-corrected chi connectivity index (χ2v) is 7.62. The van der Waals surface area contributed by atoms with Crippen molar-refractivity contribution in [2.45, 2.75) is 45.8 Å². The molecular weight excluding hydrogens is 318 g/mol. The van der Waals surface area contributed by atoms with Crippen molar-refractivity contribution in [3.63, 3.8) is 0 Å². The molecule has 2 aliphatic rings. The SMILES string of the molecule is CC(C)CN1CCC(N2CCn3nc(C(=O)NCCO)cc3C2)CC1. The monoisotopic (exact) mass is 349 g/mol. The molecule has 7 heteroatoms. The van der Waals surface area contributed by atoms with E-state index in [1.165, 1.54) is 32.5 Å². The number of hydrogen-bond acceptors (Lipinski definition) is 5. The van der Waals surface area contributed by atoms with E-state index in [0.717, 1.165) is 31.2 Å². The lowest BCUT2D eigenvalue weighted by Gasteiger charge is -2.40. The van der Waals surface area contributed by atoms with Crippen LogP contribution in [0.3, 0.4) is 0 Å². The molecule has 140 valence electrons. The lowest BCUT2D eigenvalue weighted by atomic mass is 10.0. The molecule has 25 heavy (non-hydrogen) atoms. The van der Waals surface area contributed by atoms with Gasteiger partial charge in [0.05, 0.1) is 18.8 Å². The lowest BCUT2D eigenvalue weighted by molar-refractivity contribution is 0.0803. The van der Waals surface area contributed by atoms with Crippen LogP contribution >= 0.6 is 0 Å². The number of nitrogens with one attached hydrogen (secondary N) is 1. The molecule has 2 aliphatic heterocycles. The summed E-state index contributed by atoms with van der Waals surface area (Å²) in [6.07, 6.45) is 2.45. The van der Waals surface area contributed by atoms with Crippen LogP contribution in [0.5, 0.6) is 0 Å². The summed E-state index contributed by atoms with van der Waals surface area (Å²) >= 11 is 0. The predicted molar refractivity (Wildman–Crippen MR) is 96.4 cm³/mol. The van der Waals surface area contributed by atoms with E-state index in [4.69, 9.17) is 5.11 Å². The minimum Gasteiger partial charge on any atom is -0.395 e. The van der Waals surface area contributed by atoms with Crippen molar-refractivity contribution in [3.05, 3.63) is 17.5 Å². The average molecular weight is 349 g/mol. The number of rotatable bonds is 6. The van der Waals surface area contributed by atoms with Crippen LogP contribution in [0.1, 0.15) is 42.9 Å². The van der Waals surface area contributed by atoms with Gasteiger partial charge >= 0.3 is 0 Å². The molecule has 1 saturated heterocycles. The first-order valence-electron chi connectivity index (χ1n) is 9.49. The maximum absolute atomic E-state index is 12.0. The molecule has 0 bridgehead atoms. The van der Waals surface area contributed by atoms with Crippen molar-refractivity contribution in [3.8, 4) is 0 Å². The molecule has 0 aromatic carbocycles. The average Bonchev–Trinajstić information content (AvgIpc) is 3.03. The Bertz CT molecular complexity index is 578. The first-order chi connectivity index (χ1) is 12.1. The molecule has 0 spiro atoms. The molecule has 1 aromatic heterocycles. The first-order valence-corrected chi connectivity index (χ1v) is 9.49. The molecule has 2 N–H and O–H groups in total. The predicted octanol–water partition coefficient (Wildman–Crippen LogP) is 0.541. The Morgan fingerprint density at radius 1 is 1.32 bits per heavy atom. The molecule has 1 aromatic rings. The smallest absolute Gasteiger partial charge is 0.271 e. The van der Waals surface area contributed by atoms with Crippen molar-refractivity contribution in [1.29, 1.82) is 0 Å². The molecule has 0 aliphatic carbocycles. The minimum atomic E-state index is -0.204. The summed E-state index contributed by atoms with van der Waals surface area (Å²) < 4.78 is 1.96. The van der Waals surface area contributed by atoms with Crippen LogP contribution in [-0.4, -0.2) is 76.0 Å². The van der Waals surface area contributed by atoms with Gasteiger partial charge in [-0.15, -0.1) is 0 Å². The molecule has 1 fully saturated rings. The summed E-state index contributed by atoms with van der Waals surface area (Å²) in [6.45, 7) is 11.1. The zero-order chi connectivity index (χ0) is 17.8. The highest BCUT2D eigenvalue weighted by Gasteiger charge is 2.28. The van der Waals surface area contributed by atoms with Gasteiger partial charge in [-0.25, -0.2) is 0 Å². The molecule has 1 amide bonds. The number of likely N-dealkylation sites (tertiary alicyclic amines) is 1. The summed E-state index contributed by atoms with van der Waals surface area (Å²) in [6, 6.07) is 2.53. The fraction of sp³-hybridized carbons (Fsp3) is 0.778. The second-order valence-electron chi connectivity index (χ2n) is 7.62. The Morgan fingerprint density at radius 3 is 2.76 bits per heavy atom. The van der Waals surface area contributed by atoms with Crippen molar-refractivity contribution in [2.24, 2.45) is 5.92 Å². The van der Waals surface area contributed by atoms with E-state index in [1.54, 1.807) is 0 Å². The fourth-order valence-electron chi connectivity index (χ4n) is 3.95. The highest BCUT2D eigenvalue weighted by molar-refractivity contribution is 5.92. The van der Waals surface area contributed by atoms with Gasteiger partial charge in [-0.3, -0.25) is 14.4 Å². The van der Waals surface area contributed by atoms with Crippen LogP contribution in [0.25, 0.3) is 0 Å². The number of piperidine rings is 1. The Balaban J connectivity index is 1.55. The Labute approximate surface area is 150 Å². The Kier molecular flexibility index (Phi) is 6.09. The van der Waals surface area contributed by atoms with E-state index in [9.17, 15) is 4.79 Å². The molecule has 7 nitrogen and oxygen atoms in total. The Morgan fingerprint density at radius 2 is 2.08 bits per heavy atom. The number of aromatic nitrogens is 2. The van der Waals surface area contributed by atoms with E-state index >= 15 is 0 Å². The zero-order valence-corrected chi connectivity index (χ0v) is 15.4. The van der Waals surface area contributed by atoms with Crippen LogP contribution < -0.4 is 5.32 Å². The largest absolute Gasteiger partial charge is 0.395 e. The summed E-state index contributed by atoms with van der Waals surface area (Å²) in [7, 11) is 0. The number of aliphatic hydroxyl groups excluding tert-OH is 1. The Hall–Kier alpha value is -1.44. The van der Waals surface area contributed by atoms with Gasteiger partial charge in [0.25, 0.3) is 5.91 Å². The minimum absolute atomic E-state index is 0.0530. The van der Waals surface area contributed by atoms with Gasteiger partial charge in [-0.1, -0.05) is 13.8 Å².